The summed E-state index contributed by atoms with van der Waals surface area (Å²) in [6, 6.07) is 10.4. The molecule has 1 rings (SSSR count). The van der Waals surface area contributed by atoms with E-state index in [0.717, 1.165) is 5.75 Å². The summed E-state index contributed by atoms with van der Waals surface area (Å²) in [4.78, 5) is 1.30. The fourth-order valence-electron chi connectivity index (χ4n) is 0.849. The Kier molecular flexibility index (Phi) is 4.73. The van der Waals surface area contributed by atoms with Crippen molar-refractivity contribution in [2.45, 2.75) is 18.0 Å². The molecule has 0 saturated carbocycles. The van der Waals surface area contributed by atoms with Gasteiger partial charge in [0.15, 0.2) is 0 Å². The van der Waals surface area contributed by atoms with E-state index in [4.69, 9.17) is 0 Å². The largest absolute Gasteiger partial charge is 0.138 e. The lowest BCUT2D eigenvalue weighted by Crippen LogP contribution is -1.93. The van der Waals surface area contributed by atoms with Crippen LogP contribution >= 0.6 is 11.8 Å². The summed E-state index contributed by atoms with van der Waals surface area (Å²) in [5, 5.41) is 0. The fourth-order valence-corrected chi connectivity index (χ4v) is 2.08. The second-order valence-corrected chi connectivity index (χ2v) is 6.20. The van der Waals surface area contributed by atoms with Crippen molar-refractivity contribution in [1.82, 2.24) is 0 Å². The van der Waals surface area contributed by atoms with Crippen molar-refractivity contribution in [3.63, 3.8) is 0 Å². The maximum atomic E-state index is 3.25. The number of rotatable bonds is 2. The zero-order valence-electron chi connectivity index (χ0n) is 8.00. The predicted molar refractivity (Wildman–Crippen MR) is 62.4 cm³/mol. The number of hydrogen-bond donors (Lipinski definition) is 0. The summed E-state index contributed by atoms with van der Waals surface area (Å²) in [6.07, 6.45) is 0. The Morgan fingerprint density at radius 3 is 2.54 bits per heavy atom. The van der Waals surface area contributed by atoms with Gasteiger partial charge in [-0.1, -0.05) is 37.2 Å². The molecule has 0 aromatic heterocycles. The Morgan fingerprint density at radius 2 is 1.92 bits per heavy atom. The first kappa shape index (κ1) is 10.4. The molecule has 1 aromatic carbocycles. The van der Waals surface area contributed by atoms with Crippen LogP contribution in [0.1, 0.15) is 0 Å². The molecular weight excluding hydrogens is 192 g/mol. The van der Waals surface area contributed by atoms with Crippen LogP contribution in [0, 0.1) is 11.5 Å². The maximum absolute atomic E-state index is 3.25. The van der Waals surface area contributed by atoms with Crippen LogP contribution < -0.4 is 0 Å². The maximum Gasteiger partial charge on any atom is 0.138 e. The molecule has 0 aliphatic rings. The van der Waals surface area contributed by atoms with Crippen molar-refractivity contribution < 1.29 is 0 Å². The quantitative estimate of drug-likeness (QED) is 0.406. The van der Waals surface area contributed by atoms with E-state index < -0.39 is 0 Å². The zero-order chi connectivity index (χ0) is 9.52. The third-order valence-electron chi connectivity index (χ3n) is 1.39. The van der Waals surface area contributed by atoms with E-state index in [1.165, 1.54) is 4.90 Å². The molecule has 0 bridgehead atoms. The summed E-state index contributed by atoms with van der Waals surface area (Å²) in [5.41, 5.74) is 3.25. The van der Waals surface area contributed by atoms with Gasteiger partial charge in [0.05, 0.1) is 5.75 Å². The SMILES string of the molecule is C[Si](C)C#CCSc1ccccc1. The molecule has 0 fully saturated rings. The molecule has 13 heavy (non-hydrogen) atoms. The lowest BCUT2D eigenvalue weighted by Gasteiger charge is -1.94. The second kappa shape index (κ2) is 5.90. The van der Waals surface area contributed by atoms with Gasteiger partial charge < -0.3 is 0 Å². The van der Waals surface area contributed by atoms with Crippen molar-refractivity contribution in [2.24, 2.45) is 0 Å². The van der Waals surface area contributed by atoms with Gasteiger partial charge in [-0.05, 0) is 12.1 Å². The van der Waals surface area contributed by atoms with Crippen LogP contribution in [0.2, 0.25) is 13.1 Å². The molecule has 1 radical (unpaired) electrons. The first-order valence-electron chi connectivity index (χ1n) is 4.26. The van der Waals surface area contributed by atoms with Gasteiger partial charge >= 0.3 is 0 Å². The first-order chi connectivity index (χ1) is 6.29. The second-order valence-electron chi connectivity index (χ2n) is 2.90. The van der Waals surface area contributed by atoms with Crippen LogP contribution in [0.3, 0.4) is 0 Å². The van der Waals surface area contributed by atoms with Gasteiger partial charge in [0.25, 0.3) is 0 Å². The first-order valence-corrected chi connectivity index (χ1v) is 7.74. The minimum Gasteiger partial charge on any atom is -0.133 e. The normalized spacial score (nSPS) is 9.46. The van der Waals surface area contributed by atoms with E-state index in [0.29, 0.717) is 0 Å². The van der Waals surface area contributed by atoms with Crippen molar-refractivity contribution in [3.05, 3.63) is 30.3 Å². The fraction of sp³-hybridized carbons (Fsp3) is 0.273. The summed E-state index contributed by atoms with van der Waals surface area (Å²) in [7, 11) is -0.363. The van der Waals surface area contributed by atoms with Crippen LogP contribution in [-0.2, 0) is 0 Å². The van der Waals surface area contributed by atoms with E-state index >= 15 is 0 Å². The molecule has 0 atom stereocenters. The smallest absolute Gasteiger partial charge is 0.133 e. The van der Waals surface area contributed by atoms with E-state index in [2.05, 4.69) is 48.8 Å². The Balaban J connectivity index is 2.33. The highest BCUT2D eigenvalue weighted by molar-refractivity contribution is 7.99. The van der Waals surface area contributed by atoms with E-state index in [1.807, 2.05) is 6.07 Å². The van der Waals surface area contributed by atoms with Gasteiger partial charge in [0.1, 0.15) is 8.80 Å². The van der Waals surface area contributed by atoms with Crippen molar-refractivity contribution >= 4 is 20.6 Å². The monoisotopic (exact) mass is 205 g/mol. The molecule has 0 aliphatic carbocycles. The predicted octanol–water partition coefficient (Wildman–Crippen LogP) is 3.08. The Labute approximate surface area is 86.4 Å². The summed E-state index contributed by atoms with van der Waals surface area (Å²) < 4.78 is 0. The molecule has 0 spiro atoms. The molecule has 0 aliphatic heterocycles. The number of thioether (sulfide) groups is 1. The highest BCUT2D eigenvalue weighted by atomic mass is 32.2. The lowest BCUT2D eigenvalue weighted by molar-refractivity contribution is 1.46. The van der Waals surface area contributed by atoms with E-state index in [9.17, 15) is 0 Å². The van der Waals surface area contributed by atoms with Crippen LogP contribution in [0.4, 0.5) is 0 Å². The van der Waals surface area contributed by atoms with Gasteiger partial charge in [0, 0.05) is 4.90 Å². The van der Waals surface area contributed by atoms with Gasteiger partial charge in [-0.3, -0.25) is 0 Å². The van der Waals surface area contributed by atoms with E-state index in [1.54, 1.807) is 11.8 Å². The van der Waals surface area contributed by atoms with E-state index in [-0.39, 0.29) is 8.80 Å². The van der Waals surface area contributed by atoms with Gasteiger partial charge in [0.2, 0.25) is 0 Å². The van der Waals surface area contributed by atoms with Crippen molar-refractivity contribution in [3.8, 4) is 11.5 Å². The number of benzene rings is 1. The summed E-state index contributed by atoms with van der Waals surface area (Å²) >= 11 is 1.81. The minimum atomic E-state index is -0.363. The average Bonchev–Trinajstić information content (AvgIpc) is 2.14. The molecular formula is C11H13SSi. The van der Waals surface area contributed by atoms with Crippen LogP contribution in [0.15, 0.2) is 35.2 Å². The third-order valence-corrected chi connectivity index (χ3v) is 2.96. The van der Waals surface area contributed by atoms with Crippen LogP contribution in [-0.4, -0.2) is 14.5 Å². The molecule has 0 heterocycles. The average molecular weight is 205 g/mol. The summed E-state index contributed by atoms with van der Waals surface area (Å²) in [5.74, 6) is 4.11. The number of hydrogen-bond acceptors (Lipinski definition) is 1. The van der Waals surface area contributed by atoms with Crippen LogP contribution in [0.5, 0.6) is 0 Å². The molecule has 0 unspecified atom stereocenters. The van der Waals surface area contributed by atoms with Gasteiger partial charge in [-0.15, -0.1) is 17.3 Å². The van der Waals surface area contributed by atoms with Crippen molar-refractivity contribution in [2.75, 3.05) is 5.75 Å². The lowest BCUT2D eigenvalue weighted by atomic mass is 10.4. The topological polar surface area (TPSA) is 0 Å². The molecule has 0 amide bonds. The third kappa shape index (κ3) is 4.82. The molecule has 2 heteroatoms. The standard InChI is InChI=1S/C11H13SSi/c1-13(2)10-6-9-12-11-7-4-3-5-8-11/h3-5,7-8H,9H2,1-2H3. The zero-order valence-corrected chi connectivity index (χ0v) is 9.82. The Morgan fingerprint density at radius 1 is 1.23 bits per heavy atom. The Bertz CT molecular complexity index is 295. The molecule has 67 valence electrons. The molecule has 0 N–H and O–H groups in total. The van der Waals surface area contributed by atoms with Crippen LogP contribution in [0.25, 0.3) is 0 Å². The van der Waals surface area contributed by atoms with Gasteiger partial charge in [-0.25, -0.2) is 0 Å². The molecule has 0 saturated heterocycles. The highest BCUT2D eigenvalue weighted by Gasteiger charge is 1.89. The minimum absolute atomic E-state index is 0.363. The molecule has 1 aromatic rings. The highest BCUT2D eigenvalue weighted by Crippen LogP contribution is 2.15. The van der Waals surface area contributed by atoms with Crippen molar-refractivity contribution in [1.29, 1.82) is 0 Å². The van der Waals surface area contributed by atoms with Gasteiger partial charge in [-0.2, -0.15) is 0 Å². The Hall–Kier alpha value is -0.653. The summed E-state index contributed by atoms with van der Waals surface area (Å²) in [6.45, 7) is 4.43. The molecule has 0 nitrogen and oxygen atoms in total.